The molecule has 1 rings (SSSR count). The smallest absolute Gasteiger partial charge is 0.405 e. The topological polar surface area (TPSA) is 52.4 Å². The minimum Gasteiger partial charge on any atom is -0.405 e. The van der Waals surface area contributed by atoms with Gasteiger partial charge in [-0.15, -0.1) is 13.2 Å². The first-order valence-corrected chi connectivity index (χ1v) is 4.29. The second-order valence-corrected chi connectivity index (χ2v) is 3.28. The second kappa shape index (κ2) is 4.17. The van der Waals surface area contributed by atoms with Crippen LogP contribution in [0.3, 0.4) is 0 Å². The summed E-state index contributed by atoms with van der Waals surface area (Å²) in [7, 11) is 0. The zero-order valence-corrected chi connectivity index (χ0v) is 8.59. The minimum atomic E-state index is -4.90. The maximum atomic E-state index is 11.9. The number of nitrogens with zero attached hydrogens (tertiary/aromatic N) is 1. The molecule has 0 spiro atoms. The SMILES string of the molecule is Cc1cc(Cl)c([N+](=O)[O-])cc1OC(F)(F)F. The Labute approximate surface area is 92.7 Å². The Kier molecular flexibility index (Phi) is 3.27. The van der Waals surface area contributed by atoms with Crippen LogP contribution >= 0.6 is 11.6 Å². The van der Waals surface area contributed by atoms with Crippen molar-refractivity contribution in [2.24, 2.45) is 0 Å². The second-order valence-electron chi connectivity index (χ2n) is 2.87. The Hall–Kier alpha value is -1.50. The number of nitro groups is 1. The number of aryl methyl sites for hydroxylation is 1. The molecule has 1 aromatic rings. The van der Waals surface area contributed by atoms with Crippen molar-refractivity contribution in [2.45, 2.75) is 13.3 Å². The molecule has 0 aliphatic carbocycles. The summed E-state index contributed by atoms with van der Waals surface area (Å²) in [6.45, 7) is 1.30. The predicted molar refractivity (Wildman–Crippen MR) is 49.5 cm³/mol. The van der Waals surface area contributed by atoms with Gasteiger partial charge in [0.25, 0.3) is 5.69 Å². The lowest BCUT2D eigenvalue weighted by Crippen LogP contribution is -2.17. The highest BCUT2D eigenvalue weighted by Crippen LogP contribution is 2.34. The van der Waals surface area contributed by atoms with E-state index < -0.39 is 22.7 Å². The van der Waals surface area contributed by atoms with Crippen LogP contribution in [0, 0.1) is 17.0 Å². The van der Waals surface area contributed by atoms with Crippen LogP contribution in [-0.2, 0) is 0 Å². The number of rotatable bonds is 2. The summed E-state index contributed by atoms with van der Waals surface area (Å²) in [5, 5.41) is 10.2. The summed E-state index contributed by atoms with van der Waals surface area (Å²) in [5.74, 6) is -0.636. The summed E-state index contributed by atoms with van der Waals surface area (Å²) in [6.07, 6.45) is -4.90. The largest absolute Gasteiger partial charge is 0.573 e. The van der Waals surface area contributed by atoms with Gasteiger partial charge in [-0.3, -0.25) is 10.1 Å². The van der Waals surface area contributed by atoms with Gasteiger partial charge in [0.1, 0.15) is 10.8 Å². The van der Waals surface area contributed by atoms with Gasteiger partial charge >= 0.3 is 6.36 Å². The summed E-state index contributed by atoms with van der Waals surface area (Å²) < 4.78 is 39.4. The fourth-order valence-corrected chi connectivity index (χ4v) is 1.30. The number of ether oxygens (including phenoxy) is 1. The summed E-state index contributed by atoms with van der Waals surface area (Å²) in [5.41, 5.74) is -0.570. The van der Waals surface area contributed by atoms with Crippen molar-refractivity contribution in [1.82, 2.24) is 0 Å². The summed E-state index contributed by atoms with van der Waals surface area (Å²) in [6, 6.07) is 1.69. The van der Waals surface area contributed by atoms with Crippen LogP contribution in [0.1, 0.15) is 5.56 Å². The van der Waals surface area contributed by atoms with E-state index >= 15 is 0 Å². The third-order valence-electron chi connectivity index (χ3n) is 1.67. The number of hydrogen-bond donors (Lipinski definition) is 0. The van der Waals surface area contributed by atoms with Crippen molar-refractivity contribution in [3.05, 3.63) is 32.8 Å². The van der Waals surface area contributed by atoms with E-state index in [2.05, 4.69) is 4.74 Å². The standard InChI is InChI=1S/C8H5ClF3NO3/c1-4-2-5(9)6(13(14)15)3-7(4)16-8(10,11)12/h2-3H,1H3. The van der Waals surface area contributed by atoms with Gasteiger partial charge in [0.05, 0.1) is 11.0 Å². The van der Waals surface area contributed by atoms with Gasteiger partial charge in [-0.2, -0.15) is 0 Å². The van der Waals surface area contributed by atoms with Gasteiger partial charge in [0.15, 0.2) is 0 Å². The quantitative estimate of drug-likeness (QED) is 0.601. The van der Waals surface area contributed by atoms with Crippen LogP contribution in [0.2, 0.25) is 5.02 Å². The molecule has 0 bridgehead atoms. The van der Waals surface area contributed by atoms with Crippen LogP contribution in [0.5, 0.6) is 5.75 Å². The minimum absolute atomic E-state index is 0.0629. The van der Waals surface area contributed by atoms with E-state index in [-0.39, 0.29) is 10.6 Å². The number of nitro benzene ring substituents is 1. The average molecular weight is 256 g/mol. The van der Waals surface area contributed by atoms with Crippen molar-refractivity contribution < 1.29 is 22.8 Å². The first kappa shape index (κ1) is 12.6. The van der Waals surface area contributed by atoms with Crippen molar-refractivity contribution in [3.8, 4) is 5.75 Å². The molecule has 0 aliphatic heterocycles. The molecule has 0 radical (unpaired) electrons. The highest BCUT2D eigenvalue weighted by Gasteiger charge is 2.32. The van der Waals surface area contributed by atoms with Crippen LogP contribution in [0.15, 0.2) is 12.1 Å². The molecular weight excluding hydrogens is 251 g/mol. The van der Waals surface area contributed by atoms with Gasteiger partial charge in [0.2, 0.25) is 0 Å². The Bertz CT molecular complexity index is 433. The maximum absolute atomic E-state index is 11.9. The number of halogens is 4. The molecule has 0 aliphatic rings. The normalized spacial score (nSPS) is 11.3. The number of hydrogen-bond acceptors (Lipinski definition) is 3. The van der Waals surface area contributed by atoms with Crippen molar-refractivity contribution in [2.75, 3.05) is 0 Å². The van der Waals surface area contributed by atoms with Crippen molar-refractivity contribution >= 4 is 17.3 Å². The lowest BCUT2D eigenvalue weighted by Gasteiger charge is -2.11. The third-order valence-corrected chi connectivity index (χ3v) is 1.97. The third kappa shape index (κ3) is 2.99. The molecule has 0 heterocycles. The maximum Gasteiger partial charge on any atom is 0.573 e. The monoisotopic (exact) mass is 255 g/mol. The molecule has 88 valence electrons. The molecule has 0 aromatic heterocycles. The lowest BCUT2D eigenvalue weighted by atomic mass is 10.2. The molecule has 0 amide bonds. The predicted octanol–water partition coefficient (Wildman–Crippen LogP) is 3.46. The molecule has 0 atom stereocenters. The Morgan fingerprint density at radius 2 is 2.00 bits per heavy atom. The van der Waals surface area contributed by atoms with Crippen LogP contribution in [0.25, 0.3) is 0 Å². The molecule has 0 fully saturated rings. The summed E-state index contributed by atoms with van der Waals surface area (Å²) >= 11 is 5.49. The molecule has 0 N–H and O–H groups in total. The van der Waals surface area contributed by atoms with E-state index in [1.54, 1.807) is 0 Å². The first-order valence-electron chi connectivity index (χ1n) is 3.91. The van der Waals surface area contributed by atoms with Crippen LogP contribution in [0.4, 0.5) is 18.9 Å². The Morgan fingerprint density at radius 1 is 1.44 bits per heavy atom. The van der Waals surface area contributed by atoms with E-state index in [0.29, 0.717) is 6.07 Å². The van der Waals surface area contributed by atoms with Crippen LogP contribution in [-0.4, -0.2) is 11.3 Å². The van der Waals surface area contributed by atoms with Gasteiger partial charge < -0.3 is 4.74 Å². The van der Waals surface area contributed by atoms with Crippen molar-refractivity contribution in [1.29, 1.82) is 0 Å². The van der Waals surface area contributed by atoms with E-state index in [4.69, 9.17) is 11.6 Å². The lowest BCUT2D eigenvalue weighted by molar-refractivity contribution is -0.385. The highest BCUT2D eigenvalue weighted by atomic mass is 35.5. The Balaban J connectivity index is 3.20. The first-order chi connectivity index (χ1) is 7.20. The van der Waals surface area contributed by atoms with E-state index in [1.165, 1.54) is 6.92 Å². The molecule has 8 heteroatoms. The number of alkyl halides is 3. The van der Waals surface area contributed by atoms with Crippen molar-refractivity contribution in [3.63, 3.8) is 0 Å². The molecule has 16 heavy (non-hydrogen) atoms. The fraction of sp³-hybridized carbons (Fsp3) is 0.250. The van der Waals surface area contributed by atoms with Crippen LogP contribution < -0.4 is 4.74 Å². The molecular formula is C8H5ClF3NO3. The summed E-state index contributed by atoms with van der Waals surface area (Å²) in [4.78, 5) is 9.55. The van der Waals surface area contributed by atoms with E-state index in [9.17, 15) is 23.3 Å². The van der Waals surface area contributed by atoms with E-state index in [0.717, 1.165) is 6.07 Å². The van der Waals surface area contributed by atoms with Gasteiger partial charge in [0, 0.05) is 0 Å². The molecule has 1 aromatic carbocycles. The molecule has 0 saturated heterocycles. The Morgan fingerprint density at radius 3 is 2.44 bits per heavy atom. The zero-order chi connectivity index (χ0) is 12.5. The average Bonchev–Trinajstić information content (AvgIpc) is 2.07. The number of benzene rings is 1. The van der Waals surface area contributed by atoms with Gasteiger partial charge in [-0.05, 0) is 18.6 Å². The molecule has 0 unspecified atom stereocenters. The molecule has 4 nitrogen and oxygen atoms in total. The van der Waals surface area contributed by atoms with Gasteiger partial charge in [-0.1, -0.05) is 11.6 Å². The molecule has 0 saturated carbocycles. The van der Waals surface area contributed by atoms with Gasteiger partial charge in [-0.25, -0.2) is 0 Å². The zero-order valence-electron chi connectivity index (χ0n) is 7.84. The highest BCUT2D eigenvalue weighted by molar-refractivity contribution is 6.32. The fourth-order valence-electron chi connectivity index (χ4n) is 1.02. The van der Waals surface area contributed by atoms with E-state index in [1.807, 2.05) is 0 Å².